The molecule has 1 amide bonds. The number of amides is 1. The Labute approximate surface area is 117 Å². The van der Waals surface area contributed by atoms with E-state index < -0.39 is 5.97 Å². The molecule has 1 aromatic heterocycles. The zero-order chi connectivity index (χ0) is 13.8. The van der Waals surface area contributed by atoms with Crippen LogP contribution in [0.4, 0.5) is 5.69 Å². The number of halogens is 1. The lowest BCUT2D eigenvalue weighted by atomic mass is 10.2. The van der Waals surface area contributed by atoms with E-state index in [1.54, 1.807) is 24.4 Å². The van der Waals surface area contributed by atoms with Crippen LogP contribution in [0.5, 0.6) is 0 Å². The van der Waals surface area contributed by atoms with Gasteiger partial charge >= 0.3 is 5.97 Å². The number of rotatable bonds is 4. The van der Waals surface area contributed by atoms with Crippen molar-refractivity contribution in [2.75, 3.05) is 5.32 Å². The monoisotopic (exact) mass is 323 g/mol. The second kappa shape index (κ2) is 5.66. The summed E-state index contributed by atoms with van der Waals surface area (Å²) in [5.41, 5.74) is 1.22. The van der Waals surface area contributed by atoms with E-state index in [1.807, 2.05) is 0 Å². The Morgan fingerprint density at radius 3 is 2.79 bits per heavy atom. The summed E-state index contributed by atoms with van der Waals surface area (Å²) in [5, 5.41) is 18.0. The standard InChI is InChI=1S/C12H10BrN3O3/c13-10-2-1-7(5-9(10)12(18)19)15-11(17)6-8-3-4-14-16-8/h1-5H,6H2,(H,14,16)(H,15,17)(H,18,19). The molecule has 1 aromatic carbocycles. The van der Waals surface area contributed by atoms with Crippen molar-refractivity contribution >= 4 is 33.5 Å². The lowest BCUT2D eigenvalue weighted by molar-refractivity contribution is -0.115. The first-order valence-corrected chi connectivity index (χ1v) is 6.16. The lowest BCUT2D eigenvalue weighted by Gasteiger charge is -2.06. The molecule has 0 saturated heterocycles. The van der Waals surface area contributed by atoms with Gasteiger partial charge in [0.25, 0.3) is 0 Å². The van der Waals surface area contributed by atoms with Crippen LogP contribution in [0.15, 0.2) is 34.9 Å². The fraction of sp³-hybridized carbons (Fsp3) is 0.0833. The summed E-state index contributed by atoms with van der Waals surface area (Å²) in [6.07, 6.45) is 1.71. The highest BCUT2D eigenvalue weighted by molar-refractivity contribution is 9.10. The number of aromatic amines is 1. The Morgan fingerprint density at radius 1 is 1.37 bits per heavy atom. The third kappa shape index (κ3) is 3.41. The van der Waals surface area contributed by atoms with Crippen molar-refractivity contribution in [2.45, 2.75) is 6.42 Å². The van der Waals surface area contributed by atoms with E-state index in [4.69, 9.17) is 5.11 Å². The number of carboxylic acids is 1. The molecule has 2 aromatic rings. The molecule has 2 rings (SSSR count). The third-order valence-electron chi connectivity index (χ3n) is 2.39. The van der Waals surface area contributed by atoms with Crippen molar-refractivity contribution in [2.24, 2.45) is 0 Å². The van der Waals surface area contributed by atoms with Gasteiger partial charge in [-0.1, -0.05) is 0 Å². The van der Waals surface area contributed by atoms with Gasteiger partial charge in [0.1, 0.15) is 0 Å². The highest BCUT2D eigenvalue weighted by atomic mass is 79.9. The van der Waals surface area contributed by atoms with Crippen LogP contribution in [0.1, 0.15) is 16.1 Å². The Bertz CT molecular complexity index is 611. The van der Waals surface area contributed by atoms with E-state index in [0.29, 0.717) is 15.9 Å². The van der Waals surface area contributed by atoms with Gasteiger partial charge in [-0.05, 0) is 40.2 Å². The number of aromatic carboxylic acids is 1. The van der Waals surface area contributed by atoms with Gasteiger partial charge in [-0.15, -0.1) is 0 Å². The van der Waals surface area contributed by atoms with Crippen molar-refractivity contribution in [1.82, 2.24) is 10.2 Å². The molecule has 0 aliphatic heterocycles. The summed E-state index contributed by atoms with van der Waals surface area (Å²) in [7, 11) is 0. The number of aromatic nitrogens is 2. The van der Waals surface area contributed by atoms with E-state index in [1.165, 1.54) is 6.07 Å². The predicted molar refractivity (Wildman–Crippen MR) is 72.0 cm³/mol. The Kier molecular flexibility index (Phi) is 3.96. The highest BCUT2D eigenvalue weighted by Crippen LogP contribution is 2.21. The van der Waals surface area contributed by atoms with Crippen molar-refractivity contribution in [1.29, 1.82) is 0 Å². The predicted octanol–water partition coefficient (Wildman–Crippen LogP) is 2.05. The molecule has 0 aliphatic rings. The molecular weight excluding hydrogens is 314 g/mol. The summed E-state index contributed by atoms with van der Waals surface area (Å²) < 4.78 is 0.464. The zero-order valence-corrected chi connectivity index (χ0v) is 11.3. The molecule has 0 bridgehead atoms. The van der Waals surface area contributed by atoms with E-state index in [-0.39, 0.29) is 17.9 Å². The molecule has 0 unspecified atom stereocenters. The minimum absolute atomic E-state index is 0.0966. The SMILES string of the molecule is O=C(Cc1ccn[nH]1)Nc1ccc(Br)c(C(=O)O)c1. The molecule has 0 radical (unpaired) electrons. The largest absolute Gasteiger partial charge is 0.478 e. The van der Waals surface area contributed by atoms with Crippen LogP contribution < -0.4 is 5.32 Å². The van der Waals surface area contributed by atoms with Gasteiger partial charge in [-0.25, -0.2) is 4.79 Å². The zero-order valence-electron chi connectivity index (χ0n) is 9.68. The molecule has 0 aliphatic carbocycles. The van der Waals surface area contributed by atoms with E-state index in [2.05, 4.69) is 31.4 Å². The molecule has 0 spiro atoms. The van der Waals surface area contributed by atoms with Gasteiger partial charge in [0.15, 0.2) is 0 Å². The van der Waals surface area contributed by atoms with Gasteiger partial charge < -0.3 is 10.4 Å². The van der Waals surface area contributed by atoms with Crippen LogP contribution in [-0.4, -0.2) is 27.2 Å². The van der Waals surface area contributed by atoms with Crippen LogP contribution in [0.3, 0.4) is 0 Å². The van der Waals surface area contributed by atoms with Crippen molar-refractivity contribution in [3.8, 4) is 0 Å². The van der Waals surface area contributed by atoms with Crippen LogP contribution in [0.25, 0.3) is 0 Å². The Hall–Kier alpha value is -2.15. The fourth-order valence-electron chi connectivity index (χ4n) is 1.53. The van der Waals surface area contributed by atoms with Gasteiger partial charge in [0, 0.05) is 22.1 Å². The third-order valence-corrected chi connectivity index (χ3v) is 3.08. The van der Waals surface area contributed by atoms with Crippen molar-refractivity contribution in [3.05, 3.63) is 46.2 Å². The number of nitrogens with one attached hydrogen (secondary N) is 2. The van der Waals surface area contributed by atoms with Crippen LogP contribution in [-0.2, 0) is 11.2 Å². The number of carbonyl (C=O) groups is 2. The second-order valence-corrected chi connectivity index (χ2v) is 4.66. The number of H-pyrrole nitrogens is 1. The topological polar surface area (TPSA) is 95.1 Å². The number of benzene rings is 1. The first kappa shape index (κ1) is 13.3. The molecule has 0 fully saturated rings. The fourth-order valence-corrected chi connectivity index (χ4v) is 1.94. The average Bonchev–Trinajstić information content (AvgIpc) is 2.84. The summed E-state index contributed by atoms with van der Waals surface area (Å²) in [6.45, 7) is 0. The maximum atomic E-state index is 11.7. The van der Waals surface area contributed by atoms with E-state index in [9.17, 15) is 9.59 Å². The highest BCUT2D eigenvalue weighted by Gasteiger charge is 2.11. The summed E-state index contributed by atoms with van der Waals surface area (Å²) >= 11 is 3.14. The van der Waals surface area contributed by atoms with Crippen LogP contribution in [0, 0.1) is 0 Å². The quantitative estimate of drug-likeness (QED) is 0.802. The first-order chi connectivity index (χ1) is 9.06. The van der Waals surface area contributed by atoms with E-state index >= 15 is 0 Å². The summed E-state index contributed by atoms with van der Waals surface area (Å²) in [5.74, 6) is -1.31. The smallest absolute Gasteiger partial charge is 0.336 e. The number of carbonyl (C=O) groups excluding carboxylic acids is 1. The normalized spacial score (nSPS) is 10.2. The van der Waals surface area contributed by atoms with E-state index in [0.717, 1.165) is 0 Å². The molecule has 0 saturated carbocycles. The van der Waals surface area contributed by atoms with Crippen LogP contribution in [0.2, 0.25) is 0 Å². The number of carboxylic acid groups (broad SMARTS) is 1. The maximum absolute atomic E-state index is 11.7. The number of hydrogen-bond donors (Lipinski definition) is 3. The Morgan fingerprint density at radius 2 is 2.16 bits per heavy atom. The molecule has 98 valence electrons. The molecule has 3 N–H and O–H groups in total. The summed E-state index contributed by atoms with van der Waals surface area (Å²) in [4.78, 5) is 22.7. The second-order valence-electron chi connectivity index (χ2n) is 3.81. The molecular formula is C12H10BrN3O3. The molecule has 19 heavy (non-hydrogen) atoms. The van der Waals surface area contributed by atoms with Crippen molar-refractivity contribution < 1.29 is 14.7 Å². The molecule has 1 heterocycles. The van der Waals surface area contributed by atoms with Gasteiger partial charge in [-0.2, -0.15) is 5.10 Å². The number of anilines is 1. The van der Waals surface area contributed by atoms with Gasteiger partial charge in [0.05, 0.1) is 12.0 Å². The molecule has 7 heteroatoms. The minimum Gasteiger partial charge on any atom is -0.478 e. The van der Waals surface area contributed by atoms with Crippen molar-refractivity contribution in [3.63, 3.8) is 0 Å². The maximum Gasteiger partial charge on any atom is 0.336 e. The lowest BCUT2D eigenvalue weighted by Crippen LogP contribution is -2.15. The summed E-state index contributed by atoms with van der Waals surface area (Å²) in [6, 6.07) is 6.30. The van der Waals surface area contributed by atoms with Gasteiger partial charge in [-0.3, -0.25) is 9.89 Å². The van der Waals surface area contributed by atoms with Gasteiger partial charge in [0.2, 0.25) is 5.91 Å². The molecule has 0 atom stereocenters. The number of nitrogens with zero attached hydrogens (tertiary/aromatic N) is 1. The first-order valence-electron chi connectivity index (χ1n) is 5.37. The molecule has 6 nitrogen and oxygen atoms in total. The number of hydrogen-bond acceptors (Lipinski definition) is 3. The average molecular weight is 324 g/mol. The Balaban J connectivity index is 2.09. The van der Waals surface area contributed by atoms with Crippen LogP contribution >= 0.6 is 15.9 Å². The minimum atomic E-state index is -1.06.